The molecule has 4 heterocycles. The van der Waals surface area contributed by atoms with Crippen LogP contribution in [-0.2, 0) is 21.8 Å². The molecule has 2 aromatic heterocycles. The summed E-state index contributed by atoms with van der Waals surface area (Å²) >= 11 is 3.12. The zero-order chi connectivity index (χ0) is 28.8. The van der Waals surface area contributed by atoms with Crippen molar-refractivity contribution in [2.75, 3.05) is 6.54 Å². The Morgan fingerprint density at radius 3 is 2.80 bits per heavy atom. The molecule has 0 bridgehead atoms. The average molecular weight is 614 g/mol. The van der Waals surface area contributed by atoms with Crippen LogP contribution in [0.5, 0.6) is 0 Å². The molecular weight excluding hydrogens is 589 g/mol. The summed E-state index contributed by atoms with van der Waals surface area (Å²) in [6, 6.07) is 8.32. The molecule has 0 aliphatic carbocycles. The first-order valence-electron chi connectivity index (χ1n) is 12.4. The van der Waals surface area contributed by atoms with E-state index >= 15 is 0 Å². The molecule has 1 fully saturated rings. The topological polar surface area (TPSA) is 150 Å². The zero-order valence-electron chi connectivity index (χ0n) is 21.5. The Kier molecular flexibility index (Phi) is 7.25. The van der Waals surface area contributed by atoms with Gasteiger partial charge in [-0.25, -0.2) is 9.38 Å². The first kappa shape index (κ1) is 27.6. The lowest BCUT2D eigenvalue weighted by molar-refractivity contribution is -0.860. The number of rotatable bonds is 5. The van der Waals surface area contributed by atoms with E-state index in [0.29, 0.717) is 21.2 Å². The number of aromatic nitrogens is 3. The van der Waals surface area contributed by atoms with Gasteiger partial charge in [0.25, 0.3) is 5.91 Å². The van der Waals surface area contributed by atoms with Crippen molar-refractivity contribution in [3.8, 4) is 0 Å². The van der Waals surface area contributed by atoms with Crippen molar-refractivity contribution in [2.45, 2.75) is 44.7 Å². The van der Waals surface area contributed by atoms with E-state index in [1.165, 1.54) is 36.2 Å². The average Bonchev–Trinajstić information content (AvgIpc) is 3.49. The summed E-state index contributed by atoms with van der Waals surface area (Å²) in [4.78, 5) is 48.1. The second-order valence-corrected chi connectivity index (χ2v) is 10.5. The number of aliphatic imine (C=N–C) groups is 1. The zero-order valence-corrected chi connectivity index (χ0v) is 23.1. The number of carbonyl (C=O) groups is 3. The number of hydrogen-bond acceptors (Lipinski definition) is 7. The van der Waals surface area contributed by atoms with Crippen molar-refractivity contribution in [2.24, 2.45) is 9.98 Å². The maximum absolute atomic E-state index is 14.5. The van der Waals surface area contributed by atoms with Crippen LogP contribution in [0.1, 0.15) is 36.3 Å². The van der Waals surface area contributed by atoms with Crippen molar-refractivity contribution in [3.05, 3.63) is 75.2 Å². The van der Waals surface area contributed by atoms with Crippen molar-refractivity contribution < 1.29 is 29.0 Å². The Labute approximate surface area is 235 Å². The van der Waals surface area contributed by atoms with Crippen LogP contribution in [0, 0.1) is 5.21 Å². The van der Waals surface area contributed by atoms with Crippen LogP contribution in [-0.4, -0.2) is 67.2 Å². The number of carbonyl (C=O) groups excluding carboxylic acids is 3. The van der Waals surface area contributed by atoms with Gasteiger partial charge in [-0.15, -0.1) is 0 Å². The van der Waals surface area contributed by atoms with Crippen LogP contribution < -0.4 is 10.6 Å². The van der Waals surface area contributed by atoms with Gasteiger partial charge < -0.3 is 20.4 Å². The van der Waals surface area contributed by atoms with Gasteiger partial charge in [0.15, 0.2) is 11.3 Å². The number of amides is 2. The lowest BCUT2D eigenvalue weighted by Gasteiger charge is -2.36. The molecule has 0 spiro atoms. The molecule has 4 atom stereocenters. The Morgan fingerprint density at radius 2 is 2.08 bits per heavy atom. The number of likely N-dealkylation sites (tertiary alicyclic amines) is 1. The lowest BCUT2D eigenvalue weighted by Crippen LogP contribution is -3.10. The van der Waals surface area contributed by atoms with E-state index in [1.807, 2.05) is 0 Å². The van der Waals surface area contributed by atoms with Gasteiger partial charge in [-0.2, -0.15) is 14.8 Å². The molecule has 2 aliphatic heterocycles. The van der Waals surface area contributed by atoms with Crippen LogP contribution in [0.15, 0.2) is 63.3 Å². The van der Waals surface area contributed by atoms with Crippen LogP contribution in [0.25, 0.3) is 10.9 Å². The number of hydroxylamine groups is 2. The molecule has 14 heteroatoms. The highest BCUT2D eigenvalue weighted by Gasteiger charge is 2.40. The van der Waals surface area contributed by atoms with Crippen LogP contribution >= 0.6 is 15.9 Å². The molecule has 3 aromatic rings. The summed E-state index contributed by atoms with van der Waals surface area (Å²) in [5, 5.41) is 27.3. The molecule has 2 N–H and O–H groups in total. The number of pyridine rings is 1. The van der Waals surface area contributed by atoms with E-state index < -0.39 is 29.7 Å². The molecule has 208 valence electrons. The molecule has 2 aliphatic rings. The number of fused-ring (bicyclic) bond motifs is 1. The second kappa shape index (κ2) is 10.5. The summed E-state index contributed by atoms with van der Waals surface area (Å²) in [5.74, 6) is -1.72. The van der Waals surface area contributed by atoms with Gasteiger partial charge in [-0.3, -0.25) is 19.1 Å². The maximum atomic E-state index is 14.5. The Hall–Kier alpha value is -4.01. The molecule has 1 aromatic carbocycles. The van der Waals surface area contributed by atoms with E-state index in [2.05, 4.69) is 31.0 Å². The first-order chi connectivity index (χ1) is 19.0. The number of benzene rings is 1. The summed E-state index contributed by atoms with van der Waals surface area (Å²) < 4.78 is 16.7. The van der Waals surface area contributed by atoms with Gasteiger partial charge in [0, 0.05) is 43.5 Å². The van der Waals surface area contributed by atoms with E-state index in [1.54, 1.807) is 37.3 Å². The number of quaternary nitrogens is 1. The molecule has 1 saturated heterocycles. The maximum Gasteiger partial charge on any atom is 0.270 e. The minimum absolute atomic E-state index is 0.0842. The van der Waals surface area contributed by atoms with E-state index in [9.17, 15) is 29.2 Å². The molecule has 40 heavy (non-hydrogen) atoms. The van der Waals surface area contributed by atoms with Crippen molar-refractivity contribution in [1.82, 2.24) is 19.4 Å². The van der Waals surface area contributed by atoms with Gasteiger partial charge in [0.2, 0.25) is 11.6 Å². The molecule has 12 nitrogen and oxygen atoms in total. The number of allylic oxidation sites excluding steroid dienone is 1. The Balaban J connectivity index is 1.46. The summed E-state index contributed by atoms with van der Waals surface area (Å²) in [6.45, 7) is 2.34. The van der Waals surface area contributed by atoms with Gasteiger partial charge in [0.05, 0.1) is 18.3 Å². The number of hydrogen-bond donors (Lipinski definition) is 2. The Morgan fingerprint density at radius 1 is 1.30 bits per heavy atom. The number of alkyl halides is 1. The molecule has 2 unspecified atom stereocenters. The van der Waals surface area contributed by atoms with Gasteiger partial charge in [-0.05, 0) is 46.3 Å². The van der Waals surface area contributed by atoms with E-state index in [0.717, 1.165) is 4.90 Å². The standard InChI is InChI=1S/C26H25BrFN7O5/c1-15(36)24-18-11-16(26(2)29-9-4-10-34(26)39)7-8-19(18)33(31-24)14-23(37)32-13-17(28)12-20(32)25(38)30-22-6-3-5-21(27)35(22)40/h3-11,17,20,34,40H,12-14H2,1-2H3/t17-,20+,26?/m1/s1. The normalized spacial score (nSPS) is 24.7. The quantitative estimate of drug-likeness (QED) is 0.191. The van der Waals surface area contributed by atoms with Crippen molar-refractivity contribution in [3.63, 3.8) is 0 Å². The highest BCUT2D eigenvalue weighted by atomic mass is 79.9. The number of nitrogens with one attached hydrogen (secondary N) is 1. The third-order valence-electron chi connectivity index (χ3n) is 7.06. The number of Topliss-reactive ketones (excluding diaryl/α,β-unsaturated/α-hetero) is 1. The minimum atomic E-state index is -1.44. The highest BCUT2D eigenvalue weighted by Crippen LogP contribution is 2.28. The van der Waals surface area contributed by atoms with Crippen LogP contribution in [0.2, 0.25) is 0 Å². The number of ketones is 1. The van der Waals surface area contributed by atoms with Gasteiger partial charge in [-0.1, -0.05) is 6.07 Å². The highest BCUT2D eigenvalue weighted by molar-refractivity contribution is 9.10. The largest absolute Gasteiger partial charge is 0.627 e. The summed E-state index contributed by atoms with van der Waals surface area (Å²) in [7, 11) is 0. The number of nitrogens with zero attached hydrogens (tertiary/aromatic N) is 6. The van der Waals surface area contributed by atoms with Crippen molar-refractivity contribution in [1.29, 1.82) is 0 Å². The van der Waals surface area contributed by atoms with E-state index in [4.69, 9.17) is 0 Å². The fourth-order valence-corrected chi connectivity index (χ4v) is 5.21. The fourth-order valence-electron chi connectivity index (χ4n) is 4.88. The predicted octanol–water partition coefficient (Wildman–Crippen LogP) is 1.26. The summed E-state index contributed by atoms with van der Waals surface area (Å²) in [6.07, 6.45) is 2.84. The third kappa shape index (κ3) is 4.89. The molecule has 5 rings (SSSR count). The SMILES string of the molecule is CC(=O)c1nn(CC(=O)N2C[C@H](F)C[C@H]2C(=O)N=c2cccc(Br)n2O)c2ccc(C3(C)N=CC=C[NH+]3[O-])cc12. The van der Waals surface area contributed by atoms with Crippen molar-refractivity contribution >= 4 is 50.6 Å². The van der Waals surface area contributed by atoms with E-state index in [-0.39, 0.29) is 46.1 Å². The van der Waals surface area contributed by atoms with Crippen LogP contribution in [0.4, 0.5) is 4.39 Å². The third-order valence-corrected chi connectivity index (χ3v) is 7.66. The number of halogens is 2. The van der Waals surface area contributed by atoms with Crippen LogP contribution in [0.3, 0.4) is 0 Å². The lowest BCUT2D eigenvalue weighted by atomic mass is 9.98. The molecule has 2 amide bonds. The molecular formula is C26H25BrFN7O5. The molecule has 0 radical (unpaired) electrons. The molecule has 0 saturated carbocycles. The summed E-state index contributed by atoms with van der Waals surface area (Å²) in [5.41, 5.74) is -0.143. The minimum Gasteiger partial charge on any atom is -0.627 e. The van der Waals surface area contributed by atoms with Gasteiger partial charge >= 0.3 is 0 Å². The monoisotopic (exact) mass is 613 g/mol. The Bertz CT molecular complexity index is 1660. The fraction of sp³-hybridized carbons (Fsp3) is 0.308. The predicted molar refractivity (Wildman–Crippen MR) is 144 cm³/mol. The second-order valence-electron chi connectivity index (χ2n) is 9.73. The smallest absolute Gasteiger partial charge is 0.270 e. The van der Waals surface area contributed by atoms with Gasteiger partial charge in [0.1, 0.15) is 29.1 Å². The first-order valence-corrected chi connectivity index (χ1v) is 13.2.